The van der Waals surface area contributed by atoms with Crippen molar-refractivity contribution in [2.75, 3.05) is 13.9 Å². The molecule has 1 N–H and O–H groups in total. The number of aryl methyl sites for hydroxylation is 1. The normalized spacial score (nSPS) is 16.3. The van der Waals surface area contributed by atoms with Crippen LogP contribution in [-0.4, -0.2) is 19.0 Å². The maximum atomic E-state index is 9.74. The minimum atomic E-state index is 0.0527. The number of aliphatic hydroxyl groups is 1. The molecule has 0 aliphatic heterocycles. The second kappa shape index (κ2) is 9.85. The highest BCUT2D eigenvalue weighted by Crippen LogP contribution is 2.25. The third-order valence-electron chi connectivity index (χ3n) is 4.64. The van der Waals surface area contributed by atoms with E-state index in [9.17, 15) is 5.11 Å². The summed E-state index contributed by atoms with van der Waals surface area (Å²) in [7, 11) is 2.05. The van der Waals surface area contributed by atoms with E-state index in [-0.39, 0.29) is 13.4 Å². The van der Waals surface area contributed by atoms with Gasteiger partial charge in [0.2, 0.25) is 0 Å². The molecule has 1 aliphatic carbocycles. The monoisotopic (exact) mass is 382 g/mol. The zero-order valence-electron chi connectivity index (χ0n) is 15.9. The van der Waals surface area contributed by atoms with Crippen LogP contribution >= 0.6 is 8.58 Å². The van der Waals surface area contributed by atoms with Crippen molar-refractivity contribution in [3.8, 4) is 5.75 Å². The van der Waals surface area contributed by atoms with Crippen LogP contribution in [0.1, 0.15) is 23.1 Å². The molecule has 2 aromatic carbocycles. The first-order valence-corrected chi connectivity index (χ1v) is 10.2. The number of hydrogen-bond donors (Lipinski definition) is 1. The van der Waals surface area contributed by atoms with Gasteiger partial charge < -0.3 is 14.6 Å². The van der Waals surface area contributed by atoms with Gasteiger partial charge in [0.1, 0.15) is 5.75 Å². The number of ether oxygens (including phenoxy) is 2. The summed E-state index contributed by atoms with van der Waals surface area (Å²) in [5, 5.41) is 12.0. The molecule has 2 aromatic rings. The van der Waals surface area contributed by atoms with Crippen LogP contribution in [0.4, 0.5) is 0 Å². The van der Waals surface area contributed by atoms with Gasteiger partial charge in [0.05, 0.1) is 6.61 Å². The van der Waals surface area contributed by atoms with Crippen LogP contribution in [0, 0.1) is 12.8 Å². The van der Waals surface area contributed by atoms with Gasteiger partial charge in [0.25, 0.3) is 0 Å². The van der Waals surface area contributed by atoms with Gasteiger partial charge in [-0.15, -0.1) is 0 Å². The van der Waals surface area contributed by atoms with E-state index < -0.39 is 0 Å². The molecule has 2 unspecified atom stereocenters. The second-order valence-electron chi connectivity index (χ2n) is 6.84. The molecule has 4 heteroatoms. The number of rotatable bonds is 8. The Morgan fingerprint density at radius 1 is 1.11 bits per heavy atom. The van der Waals surface area contributed by atoms with Crippen LogP contribution in [0.3, 0.4) is 0 Å². The minimum Gasteiger partial charge on any atom is -0.467 e. The third-order valence-corrected chi connectivity index (χ3v) is 6.06. The maximum Gasteiger partial charge on any atom is 0.188 e. The molecule has 2 atom stereocenters. The van der Waals surface area contributed by atoms with Crippen LogP contribution in [-0.2, 0) is 17.8 Å². The highest BCUT2D eigenvalue weighted by Gasteiger charge is 2.12. The van der Waals surface area contributed by atoms with Gasteiger partial charge in [0, 0.05) is 12.4 Å². The molecule has 0 amide bonds. The zero-order chi connectivity index (χ0) is 19.1. The topological polar surface area (TPSA) is 38.7 Å². The lowest BCUT2D eigenvalue weighted by Crippen LogP contribution is -2.14. The first-order chi connectivity index (χ1) is 13.2. The van der Waals surface area contributed by atoms with E-state index >= 15 is 0 Å². The van der Waals surface area contributed by atoms with Crippen molar-refractivity contribution in [3.05, 3.63) is 77.4 Å². The number of aliphatic hydroxyl groups excluding tert-OH is 1. The molecule has 0 saturated heterocycles. The lowest BCUT2D eigenvalue weighted by atomic mass is 9.93. The van der Waals surface area contributed by atoms with Gasteiger partial charge in [-0.3, -0.25) is 0 Å². The summed E-state index contributed by atoms with van der Waals surface area (Å²) in [4.78, 5) is 0. The van der Waals surface area contributed by atoms with Crippen molar-refractivity contribution >= 4 is 19.2 Å². The molecule has 0 spiro atoms. The Balaban J connectivity index is 1.86. The first kappa shape index (κ1) is 19.8. The Morgan fingerprint density at radius 2 is 2.00 bits per heavy atom. The highest BCUT2D eigenvalue weighted by atomic mass is 31.1. The predicted octanol–water partition coefficient (Wildman–Crippen LogP) is 3.77. The molecule has 142 valence electrons. The van der Waals surface area contributed by atoms with Crippen molar-refractivity contribution < 1.29 is 14.6 Å². The molecule has 0 aromatic heterocycles. The van der Waals surface area contributed by atoms with Crippen LogP contribution in [0.5, 0.6) is 5.75 Å². The number of benzene rings is 2. The molecule has 0 saturated carbocycles. The van der Waals surface area contributed by atoms with E-state index in [1.54, 1.807) is 7.11 Å². The van der Waals surface area contributed by atoms with Crippen LogP contribution in [0.2, 0.25) is 0 Å². The van der Waals surface area contributed by atoms with Gasteiger partial charge in [-0.25, -0.2) is 0 Å². The Hall–Kier alpha value is -1.93. The number of hydrogen-bond acceptors (Lipinski definition) is 3. The second-order valence-corrected chi connectivity index (χ2v) is 8.17. The van der Waals surface area contributed by atoms with Crippen molar-refractivity contribution in [2.45, 2.75) is 26.4 Å². The van der Waals surface area contributed by atoms with Crippen LogP contribution < -0.4 is 15.3 Å². The fourth-order valence-corrected chi connectivity index (χ4v) is 4.56. The Bertz CT molecular complexity index is 826. The van der Waals surface area contributed by atoms with E-state index in [0.717, 1.165) is 40.3 Å². The van der Waals surface area contributed by atoms with Gasteiger partial charge in [-0.2, -0.15) is 0 Å². The van der Waals surface area contributed by atoms with Crippen molar-refractivity contribution in [1.82, 2.24) is 0 Å². The van der Waals surface area contributed by atoms with Crippen LogP contribution in [0.15, 0.2) is 60.7 Å². The largest absolute Gasteiger partial charge is 0.467 e. The molecule has 0 fully saturated rings. The summed E-state index contributed by atoms with van der Waals surface area (Å²) in [5.74, 6) is 1.40. The van der Waals surface area contributed by atoms with E-state index in [2.05, 4.69) is 54.6 Å². The Morgan fingerprint density at radius 3 is 2.74 bits per heavy atom. The molecule has 0 heterocycles. The average molecular weight is 382 g/mol. The van der Waals surface area contributed by atoms with E-state index in [0.29, 0.717) is 14.5 Å². The molecule has 27 heavy (non-hydrogen) atoms. The third kappa shape index (κ3) is 5.52. The average Bonchev–Trinajstić information content (AvgIpc) is 2.69. The van der Waals surface area contributed by atoms with Gasteiger partial charge >= 0.3 is 0 Å². The molecular weight excluding hydrogens is 355 g/mol. The molecule has 1 aliphatic rings. The highest BCUT2D eigenvalue weighted by molar-refractivity contribution is 7.55. The van der Waals surface area contributed by atoms with E-state index in [1.807, 2.05) is 13.0 Å². The van der Waals surface area contributed by atoms with Crippen molar-refractivity contribution in [2.24, 2.45) is 5.92 Å². The predicted molar refractivity (Wildman–Crippen MR) is 114 cm³/mol. The smallest absolute Gasteiger partial charge is 0.188 e. The van der Waals surface area contributed by atoms with Crippen molar-refractivity contribution in [3.63, 3.8) is 0 Å². The summed E-state index contributed by atoms with van der Waals surface area (Å²) in [6.45, 7) is 2.33. The lowest BCUT2D eigenvalue weighted by molar-refractivity contribution is 0.0519. The van der Waals surface area contributed by atoms with Crippen molar-refractivity contribution in [1.29, 1.82) is 0 Å². The summed E-state index contributed by atoms with van der Waals surface area (Å²) in [6.07, 6.45) is 10.8. The fourth-order valence-electron chi connectivity index (χ4n) is 3.26. The van der Waals surface area contributed by atoms with Gasteiger partial charge in [0.15, 0.2) is 6.79 Å². The summed E-state index contributed by atoms with van der Waals surface area (Å²) in [6, 6.07) is 12.7. The summed E-state index contributed by atoms with van der Waals surface area (Å²) in [5.41, 5.74) is 3.45. The summed E-state index contributed by atoms with van der Waals surface area (Å²) < 4.78 is 10.9. The quantitative estimate of drug-likeness (QED) is 0.558. The Labute approximate surface area is 163 Å². The number of allylic oxidation sites excluding steroid dienone is 4. The van der Waals surface area contributed by atoms with Gasteiger partial charge in [-0.05, 0) is 54.2 Å². The summed E-state index contributed by atoms with van der Waals surface area (Å²) >= 11 is 0. The SMILES string of the molecule is COCOc1ccc(CC2C=CC=CC2)cc1Pc1ccc(C)cc1CO. The maximum absolute atomic E-state index is 9.74. The van der Waals surface area contributed by atoms with Gasteiger partial charge in [-0.1, -0.05) is 62.7 Å². The minimum absolute atomic E-state index is 0.0527. The zero-order valence-corrected chi connectivity index (χ0v) is 16.9. The molecule has 0 bridgehead atoms. The number of methoxy groups -OCH3 is 1. The molecular formula is C23H27O3P. The van der Waals surface area contributed by atoms with Crippen LogP contribution in [0.25, 0.3) is 0 Å². The molecule has 3 rings (SSSR count). The molecule has 0 radical (unpaired) electrons. The first-order valence-electron chi connectivity index (χ1n) is 9.25. The Kier molecular flexibility index (Phi) is 7.23. The van der Waals surface area contributed by atoms with E-state index in [4.69, 9.17) is 9.47 Å². The lowest BCUT2D eigenvalue weighted by Gasteiger charge is -2.17. The van der Waals surface area contributed by atoms with E-state index in [1.165, 1.54) is 5.56 Å². The standard InChI is InChI=1S/C23H27O3P/c1-17-8-11-22(20(12-17)15-24)27-23-14-19(9-10-21(23)26-16-25-2)13-18-6-4-3-5-7-18/h3-6,8-12,14,18,24,27H,7,13,15-16H2,1-2H3. The fraction of sp³-hybridized carbons (Fsp3) is 0.304. The molecule has 3 nitrogen and oxygen atoms in total.